The summed E-state index contributed by atoms with van der Waals surface area (Å²) >= 11 is 0. The molecule has 1 aliphatic heterocycles. The summed E-state index contributed by atoms with van der Waals surface area (Å²) in [5, 5.41) is 9.54. The summed E-state index contributed by atoms with van der Waals surface area (Å²) in [6.45, 7) is 1.98. The van der Waals surface area contributed by atoms with Crippen molar-refractivity contribution >= 4 is 29.5 Å². The van der Waals surface area contributed by atoms with Gasteiger partial charge in [0.25, 0.3) is 0 Å². The van der Waals surface area contributed by atoms with Gasteiger partial charge >= 0.3 is 5.97 Å². The van der Waals surface area contributed by atoms with Crippen molar-refractivity contribution in [1.82, 2.24) is 4.90 Å². The topological polar surface area (TPSA) is 49.8 Å². The Kier molecular flexibility index (Phi) is 9.18. The van der Waals surface area contributed by atoms with Crippen LogP contribution in [0.3, 0.4) is 0 Å². The summed E-state index contributed by atoms with van der Waals surface area (Å²) in [4.78, 5) is 13.8. The lowest BCUT2D eigenvalue weighted by Crippen LogP contribution is -2.26. The van der Waals surface area contributed by atoms with Crippen LogP contribution < -0.4 is 4.74 Å². The van der Waals surface area contributed by atoms with Gasteiger partial charge in [-0.1, -0.05) is 36.4 Å². The zero-order valence-electron chi connectivity index (χ0n) is 21.2. The van der Waals surface area contributed by atoms with Gasteiger partial charge in [-0.25, -0.2) is 9.18 Å². The van der Waals surface area contributed by atoms with Gasteiger partial charge in [-0.05, 0) is 90.3 Å². The first-order chi connectivity index (χ1) is 18.0. The molecule has 3 aromatic rings. The van der Waals surface area contributed by atoms with Gasteiger partial charge in [0.2, 0.25) is 0 Å². The summed E-state index contributed by atoms with van der Waals surface area (Å²) in [7, 11) is 0. The van der Waals surface area contributed by atoms with E-state index in [0.717, 1.165) is 60.2 Å². The molecule has 2 aliphatic rings. The maximum Gasteiger partial charge on any atom is 0.335 e. The lowest BCUT2D eigenvalue weighted by atomic mass is 9.87. The molecule has 0 spiro atoms. The quantitative estimate of drug-likeness (QED) is 0.333. The Morgan fingerprint density at radius 2 is 1.84 bits per heavy atom. The molecular weight excluding hydrogens is 508 g/mol. The first-order valence-corrected chi connectivity index (χ1v) is 12.9. The van der Waals surface area contributed by atoms with Crippen molar-refractivity contribution in [1.29, 1.82) is 0 Å². The zero-order valence-corrected chi connectivity index (χ0v) is 22.0. The molecule has 4 nitrogen and oxygen atoms in total. The van der Waals surface area contributed by atoms with Crippen molar-refractivity contribution in [3.63, 3.8) is 0 Å². The van der Waals surface area contributed by atoms with Crippen molar-refractivity contribution in [2.45, 2.75) is 38.2 Å². The van der Waals surface area contributed by atoms with Crippen LogP contribution in [-0.4, -0.2) is 48.4 Å². The Morgan fingerprint density at radius 3 is 2.61 bits per heavy atom. The van der Waals surface area contributed by atoms with E-state index < -0.39 is 5.97 Å². The fraction of sp³-hybridized carbons (Fsp3) is 0.323. The van der Waals surface area contributed by atoms with Crippen molar-refractivity contribution < 1.29 is 23.4 Å². The third-order valence-electron chi connectivity index (χ3n) is 7.27. The Balaban J connectivity index is 0.00000336. The number of rotatable bonds is 8. The number of nitrogens with zero attached hydrogens (tertiary/aromatic N) is 1. The Bertz CT molecular complexity index is 1310. The van der Waals surface area contributed by atoms with Gasteiger partial charge in [-0.2, -0.15) is 0 Å². The highest BCUT2D eigenvalue weighted by Gasteiger charge is 2.26. The smallest absolute Gasteiger partial charge is 0.335 e. The molecule has 1 fully saturated rings. The Labute approximate surface area is 228 Å². The third-order valence-corrected chi connectivity index (χ3v) is 7.27. The van der Waals surface area contributed by atoms with Gasteiger partial charge in [0.1, 0.15) is 17.7 Å². The second kappa shape index (κ2) is 12.5. The largest absolute Gasteiger partial charge is 0.489 e. The first kappa shape index (κ1) is 27.8. The molecule has 7 heteroatoms. The number of likely N-dealkylation sites (tertiary alicyclic amines) is 1. The van der Waals surface area contributed by atoms with Crippen LogP contribution in [-0.2, 0) is 6.42 Å². The summed E-state index contributed by atoms with van der Waals surface area (Å²) in [5.41, 5.74) is 5.30. The molecule has 0 saturated carbocycles. The molecule has 200 valence electrons. The average molecular weight is 540 g/mol. The number of aromatic carboxylic acids is 1. The number of halogens is 3. The highest BCUT2D eigenvalue weighted by molar-refractivity contribution is 6.01. The van der Waals surface area contributed by atoms with E-state index in [1.807, 2.05) is 36.4 Å². The number of fused-ring (bicyclic) bond motifs is 1. The lowest BCUT2D eigenvalue weighted by Gasteiger charge is -2.20. The summed E-state index contributed by atoms with van der Waals surface area (Å²) in [5.74, 6) is -0.719. The molecular formula is C31H32ClF2NO3. The SMILES string of the molecule is Cl.O=C(O)c1ccc2c(c1)CCCC(c1ccccc1)=C2c1cc(O[C@@H]2CCN(CCCF)C2)ccc1F. The molecule has 0 bridgehead atoms. The van der Waals surface area contributed by atoms with Crippen LogP contribution in [0, 0.1) is 5.82 Å². The van der Waals surface area contributed by atoms with E-state index in [0.29, 0.717) is 30.7 Å². The number of alkyl halides is 1. The van der Waals surface area contributed by atoms with E-state index in [1.165, 1.54) is 6.07 Å². The zero-order chi connectivity index (χ0) is 25.8. The maximum atomic E-state index is 15.6. The molecule has 0 amide bonds. The maximum absolute atomic E-state index is 15.6. The number of hydrogen-bond donors (Lipinski definition) is 1. The number of ether oxygens (including phenoxy) is 1. The summed E-state index contributed by atoms with van der Waals surface area (Å²) < 4.78 is 34.4. The van der Waals surface area contributed by atoms with Crippen LogP contribution in [0.5, 0.6) is 5.75 Å². The van der Waals surface area contributed by atoms with Crippen molar-refractivity contribution in [3.05, 3.63) is 100 Å². The molecule has 1 saturated heterocycles. The monoisotopic (exact) mass is 539 g/mol. The number of allylic oxidation sites excluding steroid dienone is 1. The van der Waals surface area contributed by atoms with Gasteiger partial charge in [-0.15, -0.1) is 12.4 Å². The molecule has 1 aliphatic carbocycles. The molecule has 0 radical (unpaired) electrons. The van der Waals surface area contributed by atoms with Crippen LogP contribution in [0.15, 0.2) is 66.7 Å². The van der Waals surface area contributed by atoms with Gasteiger partial charge in [0, 0.05) is 25.2 Å². The van der Waals surface area contributed by atoms with Crippen LogP contribution >= 0.6 is 12.4 Å². The van der Waals surface area contributed by atoms with Gasteiger partial charge in [-0.3, -0.25) is 9.29 Å². The van der Waals surface area contributed by atoms with Gasteiger partial charge < -0.3 is 9.84 Å². The lowest BCUT2D eigenvalue weighted by molar-refractivity contribution is 0.0696. The minimum absolute atomic E-state index is 0. The van der Waals surface area contributed by atoms with E-state index >= 15 is 4.39 Å². The van der Waals surface area contributed by atoms with Gasteiger partial charge in [0.05, 0.1) is 12.2 Å². The second-order valence-corrected chi connectivity index (χ2v) is 9.76. The molecule has 38 heavy (non-hydrogen) atoms. The van der Waals surface area contributed by atoms with Crippen LogP contribution in [0.25, 0.3) is 11.1 Å². The third kappa shape index (κ3) is 6.08. The van der Waals surface area contributed by atoms with E-state index in [-0.39, 0.29) is 36.6 Å². The minimum Gasteiger partial charge on any atom is -0.489 e. The number of carboxylic acids is 1. The summed E-state index contributed by atoms with van der Waals surface area (Å²) in [6.07, 6.45) is 3.63. The molecule has 0 aromatic heterocycles. The number of carboxylic acid groups (broad SMARTS) is 1. The normalized spacial score (nSPS) is 17.5. The van der Waals surface area contributed by atoms with Crippen LogP contribution in [0.4, 0.5) is 8.78 Å². The van der Waals surface area contributed by atoms with E-state index in [2.05, 4.69) is 4.90 Å². The molecule has 5 rings (SSSR count). The summed E-state index contributed by atoms with van der Waals surface area (Å²) in [6, 6.07) is 20.0. The molecule has 1 N–H and O–H groups in total. The van der Waals surface area contributed by atoms with Crippen LogP contribution in [0.2, 0.25) is 0 Å². The number of hydrogen-bond acceptors (Lipinski definition) is 3. The fourth-order valence-corrected chi connectivity index (χ4v) is 5.50. The Morgan fingerprint density at radius 1 is 1.03 bits per heavy atom. The highest BCUT2D eigenvalue weighted by Crippen LogP contribution is 2.42. The molecule has 0 unspecified atom stereocenters. The molecule has 1 atom stereocenters. The Hall–Kier alpha value is -3.22. The van der Waals surface area contributed by atoms with E-state index in [9.17, 15) is 14.3 Å². The minimum atomic E-state index is -0.973. The number of aryl methyl sites for hydroxylation is 1. The van der Waals surface area contributed by atoms with Gasteiger partial charge in [0.15, 0.2) is 0 Å². The number of benzene rings is 3. The standard InChI is InChI=1S/C31H31F2NO3.ClH/c32-15-5-16-34-17-14-25(20-34)37-24-11-13-29(33)28(19-24)30-26(21-6-2-1-3-7-21)9-4-8-22-18-23(31(35)36)10-12-27(22)30;/h1-3,6-7,10-13,18-19,25H,4-5,8-9,14-17,20H2,(H,35,36);1H/t25-;/m1./s1. The van der Waals surface area contributed by atoms with E-state index in [4.69, 9.17) is 4.74 Å². The number of carbonyl (C=O) groups is 1. The molecule has 3 aromatic carbocycles. The predicted octanol–water partition coefficient (Wildman–Crippen LogP) is 7.05. The first-order valence-electron chi connectivity index (χ1n) is 12.9. The van der Waals surface area contributed by atoms with Crippen molar-refractivity contribution in [2.75, 3.05) is 26.3 Å². The predicted molar refractivity (Wildman–Crippen MR) is 148 cm³/mol. The second-order valence-electron chi connectivity index (χ2n) is 9.76. The van der Waals surface area contributed by atoms with Crippen molar-refractivity contribution in [2.24, 2.45) is 0 Å². The van der Waals surface area contributed by atoms with Crippen molar-refractivity contribution in [3.8, 4) is 5.75 Å². The highest BCUT2D eigenvalue weighted by atomic mass is 35.5. The average Bonchev–Trinajstić information content (AvgIpc) is 3.27. The molecule has 1 heterocycles. The van der Waals surface area contributed by atoms with E-state index in [1.54, 1.807) is 24.3 Å². The van der Waals surface area contributed by atoms with Crippen LogP contribution in [0.1, 0.15) is 58.3 Å². The fourth-order valence-electron chi connectivity index (χ4n) is 5.50.